The number of hydrogen-bond donors (Lipinski definition) is 3. The molecule has 0 fully saturated rings. The van der Waals surface area contributed by atoms with Gasteiger partial charge >= 0.3 is 0 Å². The monoisotopic (exact) mass is 279 g/mol. The summed E-state index contributed by atoms with van der Waals surface area (Å²) in [6, 6.07) is 15.0. The molecule has 0 aliphatic carbocycles. The Labute approximate surface area is 123 Å². The van der Waals surface area contributed by atoms with Gasteiger partial charge in [0.2, 0.25) is 0 Å². The van der Waals surface area contributed by atoms with E-state index < -0.39 is 0 Å². The summed E-state index contributed by atoms with van der Waals surface area (Å²) >= 11 is 0. The Morgan fingerprint density at radius 2 is 1.86 bits per heavy atom. The largest absolute Gasteiger partial charge is 0.508 e. The van der Waals surface area contributed by atoms with Crippen LogP contribution >= 0.6 is 0 Å². The Hall–Kier alpha value is -2.75. The molecule has 0 atom stereocenters. The number of rotatable bonds is 4. The van der Waals surface area contributed by atoms with E-state index in [0.717, 1.165) is 29.6 Å². The smallest absolute Gasteiger partial charge is 0.115 e. The lowest BCUT2D eigenvalue weighted by Gasteiger charge is -2.10. The number of nitrogens with zero attached hydrogens (tertiary/aromatic N) is 1. The third-order valence-corrected chi connectivity index (χ3v) is 3.47. The molecule has 0 aliphatic rings. The molecule has 4 nitrogen and oxygen atoms in total. The van der Waals surface area contributed by atoms with E-state index in [1.165, 1.54) is 5.56 Å². The number of anilines is 2. The quantitative estimate of drug-likeness (QED) is 0.641. The highest BCUT2D eigenvalue weighted by Gasteiger charge is 2.03. The number of hydrogen-bond acceptors (Lipinski definition) is 4. The van der Waals surface area contributed by atoms with Crippen molar-refractivity contribution in [3.05, 3.63) is 60.3 Å². The van der Waals surface area contributed by atoms with Crippen molar-refractivity contribution in [1.82, 2.24) is 4.98 Å². The van der Waals surface area contributed by atoms with E-state index in [9.17, 15) is 5.11 Å². The van der Waals surface area contributed by atoms with Crippen molar-refractivity contribution in [2.75, 3.05) is 17.6 Å². The molecule has 1 aromatic heterocycles. The molecule has 2 aromatic carbocycles. The highest BCUT2D eigenvalue weighted by molar-refractivity contribution is 5.97. The zero-order valence-corrected chi connectivity index (χ0v) is 11.6. The molecule has 3 rings (SSSR count). The zero-order chi connectivity index (χ0) is 14.7. The number of pyridine rings is 1. The number of para-hydroxylation sites is 1. The Morgan fingerprint density at radius 1 is 1.05 bits per heavy atom. The molecule has 0 saturated carbocycles. The molecule has 0 saturated heterocycles. The standard InChI is InChI=1S/C17H17N3O/c18-15-3-1-2-14-16(9-11-20-17(14)15)19-10-8-12-4-6-13(21)7-5-12/h1-7,9,11,21H,8,10,18H2,(H,19,20). The predicted molar refractivity (Wildman–Crippen MR) is 86.5 cm³/mol. The molecule has 0 amide bonds. The Morgan fingerprint density at radius 3 is 2.67 bits per heavy atom. The first-order valence-corrected chi connectivity index (χ1v) is 6.89. The van der Waals surface area contributed by atoms with Gasteiger partial charge in [-0.25, -0.2) is 0 Å². The molecule has 3 aromatic rings. The van der Waals surface area contributed by atoms with E-state index in [2.05, 4.69) is 10.3 Å². The van der Waals surface area contributed by atoms with E-state index in [1.807, 2.05) is 36.4 Å². The van der Waals surface area contributed by atoms with E-state index in [4.69, 9.17) is 5.73 Å². The van der Waals surface area contributed by atoms with Gasteiger partial charge in [-0.1, -0.05) is 24.3 Å². The van der Waals surface area contributed by atoms with Crippen LogP contribution in [0.4, 0.5) is 11.4 Å². The summed E-state index contributed by atoms with van der Waals surface area (Å²) in [5.41, 5.74) is 9.67. The number of phenolic OH excluding ortho intramolecular Hbond substituents is 1. The molecule has 0 unspecified atom stereocenters. The lowest BCUT2D eigenvalue weighted by atomic mass is 10.1. The molecule has 4 N–H and O–H groups in total. The summed E-state index contributed by atoms with van der Waals surface area (Å²) in [6.07, 6.45) is 2.65. The fourth-order valence-corrected chi connectivity index (χ4v) is 2.36. The van der Waals surface area contributed by atoms with E-state index in [0.29, 0.717) is 11.4 Å². The summed E-state index contributed by atoms with van der Waals surface area (Å²) in [4.78, 5) is 4.32. The number of phenols is 1. The number of benzene rings is 2. The molecule has 21 heavy (non-hydrogen) atoms. The van der Waals surface area contributed by atoms with Crippen LogP contribution in [-0.4, -0.2) is 16.6 Å². The zero-order valence-electron chi connectivity index (χ0n) is 11.6. The molecular formula is C17H17N3O. The van der Waals surface area contributed by atoms with Gasteiger partial charge < -0.3 is 16.2 Å². The average molecular weight is 279 g/mol. The van der Waals surface area contributed by atoms with Gasteiger partial charge in [0.05, 0.1) is 11.2 Å². The molecular weight excluding hydrogens is 262 g/mol. The van der Waals surface area contributed by atoms with Gasteiger partial charge in [-0.15, -0.1) is 0 Å². The molecule has 0 spiro atoms. The van der Waals surface area contributed by atoms with Crippen molar-refractivity contribution in [1.29, 1.82) is 0 Å². The second kappa shape index (κ2) is 5.71. The Bertz CT molecular complexity index is 754. The minimum absolute atomic E-state index is 0.294. The van der Waals surface area contributed by atoms with Crippen LogP contribution in [0.3, 0.4) is 0 Å². The fraction of sp³-hybridized carbons (Fsp3) is 0.118. The van der Waals surface area contributed by atoms with Gasteiger partial charge in [-0.2, -0.15) is 0 Å². The van der Waals surface area contributed by atoms with Crippen LogP contribution in [-0.2, 0) is 6.42 Å². The van der Waals surface area contributed by atoms with Gasteiger partial charge in [0.1, 0.15) is 5.75 Å². The van der Waals surface area contributed by atoms with Gasteiger partial charge in [0, 0.05) is 23.8 Å². The van der Waals surface area contributed by atoms with Gasteiger partial charge in [0.25, 0.3) is 0 Å². The van der Waals surface area contributed by atoms with E-state index in [-0.39, 0.29) is 0 Å². The highest BCUT2D eigenvalue weighted by atomic mass is 16.3. The van der Waals surface area contributed by atoms with Crippen molar-refractivity contribution < 1.29 is 5.11 Å². The third kappa shape index (κ3) is 2.89. The number of aromatic hydroxyl groups is 1. The first-order valence-electron chi connectivity index (χ1n) is 6.89. The van der Waals surface area contributed by atoms with Crippen LogP contribution in [0.15, 0.2) is 54.7 Å². The highest BCUT2D eigenvalue weighted by Crippen LogP contribution is 2.25. The summed E-state index contributed by atoms with van der Waals surface area (Å²) < 4.78 is 0. The SMILES string of the molecule is Nc1cccc2c(NCCc3ccc(O)cc3)ccnc12. The first-order chi connectivity index (χ1) is 10.2. The number of nitrogens with one attached hydrogen (secondary N) is 1. The molecule has 0 radical (unpaired) electrons. The van der Waals surface area contributed by atoms with Crippen molar-refractivity contribution in [3.8, 4) is 5.75 Å². The lowest BCUT2D eigenvalue weighted by molar-refractivity contribution is 0.475. The maximum absolute atomic E-state index is 9.27. The number of nitrogen functional groups attached to an aromatic ring is 1. The summed E-state index contributed by atoms with van der Waals surface area (Å²) in [7, 11) is 0. The minimum atomic E-state index is 0.294. The molecule has 0 aliphatic heterocycles. The van der Waals surface area contributed by atoms with E-state index in [1.54, 1.807) is 18.3 Å². The van der Waals surface area contributed by atoms with Crippen LogP contribution in [0, 0.1) is 0 Å². The summed E-state index contributed by atoms with van der Waals surface area (Å²) in [5, 5.41) is 13.7. The number of fused-ring (bicyclic) bond motifs is 1. The maximum Gasteiger partial charge on any atom is 0.115 e. The Kier molecular flexibility index (Phi) is 3.60. The number of aromatic nitrogens is 1. The van der Waals surface area contributed by atoms with Crippen molar-refractivity contribution in [2.24, 2.45) is 0 Å². The van der Waals surface area contributed by atoms with Crippen LogP contribution < -0.4 is 11.1 Å². The summed E-state index contributed by atoms with van der Waals surface area (Å²) in [6.45, 7) is 0.804. The molecule has 0 bridgehead atoms. The molecule has 1 heterocycles. The Balaban J connectivity index is 1.73. The number of nitrogens with two attached hydrogens (primary N) is 1. The van der Waals surface area contributed by atoms with Crippen molar-refractivity contribution in [3.63, 3.8) is 0 Å². The minimum Gasteiger partial charge on any atom is -0.508 e. The second-order valence-electron chi connectivity index (χ2n) is 4.95. The van der Waals surface area contributed by atoms with Gasteiger partial charge in [-0.3, -0.25) is 4.98 Å². The second-order valence-corrected chi connectivity index (χ2v) is 4.95. The molecule has 4 heteroatoms. The van der Waals surface area contributed by atoms with Crippen LogP contribution in [0.25, 0.3) is 10.9 Å². The van der Waals surface area contributed by atoms with Gasteiger partial charge in [0.15, 0.2) is 0 Å². The first kappa shape index (κ1) is 13.2. The maximum atomic E-state index is 9.27. The van der Waals surface area contributed by atoms with Crippen molar-refractivity contribution >= 4 is 22.3 Å². The normalized spacial score (nSPS) is 10.7. The van der Waals surface area contributed by atoms with E-state index >= 15 is 0 Å². The van der Waals surface area contributed by atoms with Gasteiger partial charge in [-0.05, 0) is 36.2 Å². The van der Waals surface area contributed by atoms with Crippen LogP contribution in [0.2, 0.25) is 0 Å². The predicted octanol–water partition coefficient (Wildman–Crippen LogP) is 3.18. The third-order valence-electron chi connectivity index (χ3n) is 3.47. The average Bonchev–Trinajstić information content (AvgIpc) is 2.50. The van der Waals surface area contributed by atoms with Crippen molar-refractivity contribution in [2.45, 2.75) is 6.42 Å². The summed E-state index contributed by atoms with van der Waals surface area (Å²) in [5.74, 6) is 0.294. The van der Waals surface area contributed by atoms with Crippen LogP contribution in [0.1, 0.15) is 5.56 Å². The molecule has 106 valence electrons. The lowest BCUT2D eigenvalue weighted by Crippen LogP contribution is -2.05. The topological polar surface area (TPSA) is 71.2 Å². The van der Waals surface area contributed by atoms with Crippen LogP contribution in [0.5, 0.6) is 5.75 Å². The fourth-order valence-electron chi connectivity index (χ4n) is 2.36.